The van der Waals surface area contributed by atoms with E-state index in [2.05, 4.69) is 17.9 Å². The van der Waals surface area contributed by atoms with Crippen LogP contribution in [0.4, 0.5) is 0 Å². The summed E-state index contributed by atoms with van der Waals surface area (Å²) in [6.07, 6.45) is 1.47. The molecule has 2 amide bonds. The average Bonchev–Trinajstić information content (AvgIpc) is 2.63. The van der Waals surface area contributed by atoms with Crippen molar-refractivity contribution in [2.75, 3.05) is 13.1 Å². The molecule has 1 N–H and O–H groups in total. The highest BCUT2D eigenvalue weighted by Gasteiger charge is 2.25. The molecule has 4 nitrogen and oxygen atoms in total. The van der Waals surface area contributed by atoms with Gasteiger partial charge in [0.25, 0.3) is 11.8 Å². The number of thiol groups is 1. The van der Waals surface area contributed by atoms with Crippen LogP contribution in [-0.4, -0.2) is 35.8 Å². The molecule has 1 heterocycles. The van der Waals surface area contributed by atoms with Crippen LogP contribution >= 0.6 is 24.2 Å². The molecule has 1 saturated heterocycles. The number of nitrogens with zero attached hydrogens (tertiary/aromatic N) is 1. The maximum absolute atomic E-state index is 12.5. The van der Waals surface area contributed by atoms with Gasteiger partial charge in [0.1, 0.15) is 0 Å². The van der Waals surface area contributed by atoms with Crippen LogP contribution in [0.3, 0.4) is 0 Å². The van der Waals surface area contributed by atoms with Gasteiger partial charge < -0.3 is 10.2 Å². The molecule has 0 spiro atoms. The van der Waals surface area contributed by atoms with Crippen LogP contribution in [0.5, 0.6) is 0 Å². The molecule has 25 heavy (non-hydrogen) atoms. The molecule has 130 valence electrons. The summed E-state index contributed by atoms with van der Waals surface area (Å²) in [7, 11) is 0. The first kappa shape index (κ1) is 17.8. The van der Waals surface area contributed by atoms with Gasteiger partial charge in [-0.2, -0.15) is 0 Å². The Labute approximate surface area is 157 Å². The smallest absolute Gasteiger partial charge is 0.253 e. The maximum Gasteiger partial charge on any atom is 0.253 e. The van der Waals surface area contributed by atoms with Crippen molar-refractivity contribution in [3.63, 3.8) is 0 Å². The average molecular weight is 375 g/mol. The molecule has 1 aliphatic rings. The summed E-state index contributed by atoms with van der Waals surface area (Å²) in [5.74, 6) is -0.116. The van der Waals surface area contributed by atoms with E-state index in [1.165, 1.54) is 0 Å². The predicted molar refractivity (Wildman–Crippen MR) is 102 cm³/mol. The highest BCUT2D eigenvalue weighted by Crippen LogP contribution is 2.18. The lowest BCUT2D eigenvalue weighted by atomic mass is 10.0. The number of piperidine rings is 1. The standard InChI is InChI=1S/C19H19ClN2O2S/c20-14-7-5-13(6-8-14)19(24)22-11-9-15(10-12-22)21-18(23)16-3-1-2-4-17(16)25/h1-8,15,25H,9-12H2,(H,21,23). The Bertz CT molecular complexity index is 771. The monoisotopic (exact) mass is 374 g/mol. The third-order valence-corrected chi connectivity index (χ3v) is 5.00. The number of halogens is 1. The number of rotatable bonds is 3. The predicted octanol–water partition coefficient (Wildman–Crippen LogP) is 3.66. The van der Waals surface area contributed by atoms with Crippen LogP contribution in [0.15, 0.2) is 53.4 Å². The van der Waals surface area contributed by atoms with Gasteiger partial charge in [-0.25, -0.2) is 0 Å². The zero-order valence-corrected chi connectivity index (χ0v) is 15.3. The fourth-order valence-electron chi connectivity index (χ4n) is 2.93. The van der Waals surface area contributed by atoms with Gasteiger partial charge in [-0.3, -0.25) is 9.59 Å². The molecule has 0 saturated carbocycles. The van der Waals surface area contributed by atoms with Crippen LogP contribution in [-0.2, 0) is 0 Å². The molecule has 2 aromatic carbocycles. The molecule has 1 fully saturated rings. The van der Waals surface area contributed by atoms with Crippen molar-refractivity contribution >= 4 is 36.0 Å². The number of amides is 2. The van der Waals surface area contributed by atoms with Crippen molar-refractivity contribution in [2.24, 2.45) is 0 Å². The fraction of sp³-hybridized carbons (Fsp3) is 0.263. The first-order chi connectivity index (χ1) is 12.0. The summed E-state index contributed by atoms with van der Waals surface area (Å²) in [6, 6.07) is 14.2. The molecule has 1 aliphatic heterocycles. The van der Waals surface area contributed by atoms with E-state index in [9.17, 15) is 9.59 Å². The lowest BCUT2D eigenvalue weighted by Crippen LogP contribution is -2.46. The third kappa shape index (κ3) is 4.35. The summed E-state index contributed by atoms with van der Waals surface area (Å²) >= 11 is 10.2. The lowest BCUT2D eigenvalue weighted by molar-refractivity contribution is 0.0698. The zero-order chi connectivity index (χ0) is 17.8. The van der Waals surface area contributed by atoms with E-state index in [0.717, 1.165) is 12.8 Å². The molecule has 0 aliphatic carbocycles. The summed E-state index contributed by atoms with van der Waals surface area (Å²) in [6.45, 7) is 1.24. The normalized spacial score (nSPS) is 15.0. The minimum absolute atomic E-state index is 0.00199. The van der Waals surface area contributed by atoms with Crippen LogP contribution < -0.4 is 5.32 Å². The van der Waals surface area contributed by atoms with Gasteiger partial charge >= 0.3 is 0 Å². The number of likely N-dealkylation sites (tertiary alicyclic amines) is 1. The molecule has 0 bridgehead atoms. The lowest BCUT2D eigenvalue weighted by Gasteiger charge is -2.32. The van der Waals surface area contributed by atoms with Crippen molar-refractivity contribution in [2.45, 2.75) is 23.8 Å². The van der Waals surface area contributed by atoms with E-state index in [0.29, 0.717) is 34.1 Å². The Morgan fingerprint density at radius 1 is 1.04 bits per heavy atom. The largest absolute Gasteiger partial charge is 0.349 e. The van der Waals surface area contributed by atoms with Crippen molar-refractivity contribution in [3.05, 3.63) is 64.7 Å². The molecule has 0 aromatic heterocycles. The van der Waals surface area contributed by atoms with Crippen molar-refractivity contribution in [1.82, 2.24) is 10.2 Å². The van der Waals surface area contributed by atoms with Gasteiger partial charge in [-0.1, -0.05) is 23.7 Å². The molecule has 0 atom stereocenters. The van der Waals surface area contributed by atoms with Gasteiger partial charge in [0.2, 0.25) is 0 Å². The van der Waals surface area contributed by atoms with Crippen molar-refractivity contribution < 1.29 is 9.59 Å². The van der Waals surface area contributed by atoms with E-state index in [1.807, 2.05) is 17.0 Å². The van der Waals surface area contributed by atoms with Crippen LogP contribution in [0.25, 0.3) is 0 Å². The molecule has 6 heteroatoms. The SMILES string of the molecule is O=C(NC1CCN(C(=O)c2ccc(Cl)cc2)CC1)c1ccccc1S. The summed E-state index contributed by atoms with van der Waals surface area (Å²) < 4.78 is 0. The molecular weight excluding hydrogens is 356 g/mol. The minimum atomic E-state index is -0.118. The molecular formula is C19H19ClN2O2S. The topological polar surface area (TPSA) is 49.4 Å². The second-order valence-corrected chi connectivity index (χ2v) is 6.98. The number of benzene rings is 2. The van der Waals surface area contributed by atoms with E-state index in [-0.39, 0.29) is 17.9 Å². The Morgan fingerprint density at radius 3 is 2.32 bits per heavy atom. The zero-order valence-electron chi connectivity index (χ0n) is 13.6. The second kappa shape index (κ2) is 7.93. The second-order valence-electron chi connectivity index (χ2n) is 6.06. The summed E-state index contributed by atoms with van der Waals surface area (Å²) in [5.41, 5.74) is 1.21. The number of hydrogen-bond acceptors (Lipinski definition) is 3. The van der Waals surface area contributed by atoms with E-state index < -0.39 is 0 Å². The van der Waals surface area contributed by atoms with Gasteiger partial charge in [0, 0.05) is 34.6 Å². The Balaban J connectivity index is 1.55. The van der Waals surface area contributed by atoms with Crippen molar-refractivity contribution in [1.29, 1.82) is 0 Å². The van der Waals surface area contributed by atoms with Crippen LogP contribution in [0.2, 0.25) is 5.02 Å². The van der Waals surface area contributed by atoms with Gasteiger partial charge in [-0.15, -0.1) is 12.6 Å². The van der Waals surface area contributed by atoms with E-state index in [4.69, 9.17) is 11.6 Å². The quantitative estimate of drug-likeness (QED) is 0.805. The van der Waals surface area contributed by atoms with Gasteiger partial charge in [0.05, 0.1) is 5.56 Å². The number of hydrogen-bond donors (Lipinski definition) is 2. The van der Waals surface area contributed by atoms with Gasteiger partial charge in [-0.05, 0) is 49.2 Å². The fourth-order valence-corrected chi connectivity index (χ4v) is 3.32. The Hall–Kier alpha value is -1.98. The van der Waals surface area contributed by atoms with Gasteiger partial charge in [0.15, 0.2) is 0 Å². The highest BCUT2D eigenvalue weighted by molar-refractivity contribution is 7.80. The third-order valence-electron chi connectivity index (χ3n) is 4.36. The Morgan fingerprint density at radius 2 is 1.68 bits per heavy atom. The molecule has 0 unspecified atom stereocenters. The van der Waals surface area contributed by atoms with Crippen LogP contribution in [0, 0.1) is 0 Å². The molecule has 0 radical (unpaired) electrons. The summed E-state index contributed by atoms with van der Waals surface area (Å²) in [5, 5.41) is 3.65. The minimum Gasteiger partial charge on any atom is -0.349 e. The van der Waals surface area contributed by atoms with Crippen LogP contribution in [0.1, 0.15) is 33.6 Å². The van der Waals surface area contributed by atoms with Crippen molar-refractivity contribution in [3.8, 4) is 0 Å². The summed E-state index contributed by atoms with van der Waals surface area (Å²) in [4.78, 5) is 27.3. The first-order valence-electron chi connectivity index (χ1n) is 8.18. The maximum atomic E-state index is 12.5. The Kier molecular flexibility index (Phi) is 5.66. The number of nitrogens with one attached hydrogen (secondary N) is 1. The van der Waals surface area contributed by atoms with E-state index in [1.54, 1.807) is 36.4 Å². The molecule has 3 rings (SSSR count). The highest BCUT2D eigenvalue weighted by atomic mass is 35.5. The first-order valence-corrected chi connectivity index (χ1v) is 9.01. The van der Waals surface area contributed by atoms with E-state index >= 15 is 0 Å². The molecule has 2 aromatic rings. The number of carbonyl (C=O) groups excluding carboxylic acids is 2. The number of carbonyl (C=O) groups is 2.